The fraction of sp³-hybridized carbons (Fsp3) is 0.385. The Bertz CT molecular complexity index is 1320. The molecule has 2 aliphatic rings. The molecular weight excluding hydrogens is 505 g/mol. The summed E-state index contributed by atoms with van der Waals surface area (Å²) in [7, 11) is 0. The van der Waals surface area contributed by atoms with Crippen LogP contribution in [0.1, 0.15) is 24.2 Å². The van der Waals surface area contributed by atoms with Crippen LogP contribution < -0.4 is 4.90 Å². The molecule has 0 spiro atoms. The Labute approximate surface area is 216 Å². The summed E-state index contributed by atoms with van der Waals surface area (Å²) >= 11 is 0. The summed E-state index contributed by atoms with van der Waals surface area (Å²) in [6.07, 6.45) is -2.09. The molecule has 2 aliphatic heterocycles. The van der Waals surface area contributed by atoms with Crippen LogP contribution in [0.2, 0.25) is 0 Å². The van der Waals surface area contributed by atoms with E-state index >= 15 is 0 Å². The molecule has 0 aliphatic carbocycles. The largest absolute Gasteiger partial charge is 0.473 e. The molecule has 3 aromatic rings. The lowest BCUT2D eigenvalue weighted by Gasteiger charge is -2.33. The fourth-order valence-electron chi connectivity index (χ4n) is 4.94. The number of fused-ring (bicyclic) bond motifs is 2. The van der Waals surface area contributed by atoms with E-state index in [1.54, 1.807) is 24.3 Å². The van der Waals surface area contributed by atoms with Gasteiger partial charge >= 0.3 is 18.1 Å². The summed E-state index contributed by atoms with van der Waals surface area (Å²) in [5.74, 6) is -4.27. The SMILES string of the molecule is O=C(CN1CCC(Cn2c(C(F)(F)F)nc3ccccc32)CC1)N1CCc2ccccc21.O=C(O)C(=O)O. The maximum Gasteiger partial charge on any atom is 0.449 e. The maximum atomic E-state index is 13.6. The number of carboxylic acid groups (broad SMARTS) is 2. The fourth-order valence-corrected chi connectivity index (χ4v) is 4.94. The van der Waals surface area contributed by atoms with Gasteiger partial charge in [-0.15, -0.1) is 0 Å². The van der Waals surface area contributed by atoms with Crippen LogP contribution in [-0.4, -0.2) is 68.7 Å². The van der Waals surface area contributed by atoms with E-state index in [1.807, 2.05) is 23.1 Å². The molecule has 9 nitrogen and oxygen atoms in total. The van der Waals surface area contributed by atoms with Gasteiger partial charge in [0, 0.05) is 18.8 Å². The molecule has 1 saturated heterocycles. The summed E-state index contributed by atoms with van der Waals surface area (Å²) in [5, 5.41) is 14.8. The first-order chi connectivity index (χ1) is 18.0. The summed E-state index contributed by atoms with van der Waals surface area (Å²) in [4.78, 5) is 38.9. The number of hydrogen-bond donors (Lipinski definition) is 2. The van der Waals surface area contributed by atoms with Gasteiger partial charge in [-0.25, -0.2) is 14.6 Å². The van der Waals surface area contributed by atoms with Gasteiger partial charge in [0.25, 0.3) is 0 Å². The number of halogens is 3. The van der Waals surface area contributed by atoms with Crippen molar-refractivity contribution in [2.24, 2.45) is 5.92 Å². The van der Waals surface area contributed by atoms with Gasteiger partial charge in [0.05, 0.1) is 17.6 Å². The lowest BCUT2D eigenvalue weighted by atomic mass is 9.96. The Balaban J connectivity index is 0.000000505. The highest BCUT2D eigenvalue weighted by Crippen LogP contribution is 2.33. The number of likely N-dealkylation sites (tertiary alicyclic amines) is 1. The zero-order valence-electron chi connectivity index (χ0n) is 20.4. The number of carbonyl (C=O) groups is 3. The maximum absolute atomic E-state index is 13.6. The lowest BCUT2D eigenvalue weighted by Crippen LogP contribution is -2.43. The molecule has 12 heteroatoms. The number of aliphatic carboxylic acids is 2. The molecule has 0 atom stereocenters. The molecule has 3 heterocycles. The predicted octanol–water partition coefficient (Wildman–Crippen LogP) is 3.51. The van der Waals surface area contributed by atoms with E-state index in [4.69, 9.17) is 19.8 Å². The zero-order chi connectivity index (χ0) is 27.4. The smallest absolute Gasteiger partial charge is 0.449 e. The number of alkyl halides is 3. The summed E-state index contributed by atoms with van der Waals surface area (Å²) in [6, 6.07) is 14.7. The van der Waals surface area contributed by atoms with Crippen LogP contribution >= 0.6 is 0 Å². The molecule has 38 heavy (non-hydrogen) atoms. The number of para-hydroxylation sites is 3. The van der Waals surface area contributed by atoms with Gasteiger partial charge in [-0.2, -0.15) is 13.2 Å². The van der Waals surface area contributed by atoms with Crippen LogP contribution in [0.4, 0.5) is 18.9 Å². The zero-order valence-corrected chi connectivity index (χ0v) is 20.4. The van der Waals surface area contributed by atoms with Gasteiger partial charge in [-0.1, -0.05) is 30.3 Å². The third-order valence-corrected chi connectivity index (χ3v) is 6.79. The van der Waals surface area contributed by atoms with Crippen LogP contribution in [-0.2, 0) is 33.5 Å². The molecule has 202 valence electrons. The Hall–Kier alpha value is -3.93. The van der Waals surface area contributed by atoms with Crippen LogP contribution in [0.5, 0.6) is 0 Å². The number of carbonyl (C=O) groups excluding carboxylic acids is 1. The first-order valence-corrected chi connectivity index (χ1v) is 12.1. The van der Waals surface area contributed by atoms with Crippen LogP contribution in [0.3, 0.4) is 0 Å². The predicted molar refractivity (Wildman–Crippen MR) is 132 cm³/mol. The van der Waals surface area contributed by atoms with Crippen molar-refractivity contribution in [2.45, 2.75) is 32.0 Å². The third-order valence-electron chi connectivity index (χ3n) is 6.79. The van der Waals surface area contributed by atoms with E-state index in [1.165, 1.54) is 10.1 Å². The van der Waals surface area contributed by atoms with Crippen molar-refractivity contribution in [2.75, 3.05) is 31.1 Å². The highest BCUT2D eigenvalue weighted by atomic mass is 19.4. The van der Waals surface area contributed by atoms with Crippen LogP contribution in [0, 0.1) is 5.92 Å². The van der Waals surface area contributed by atoms with Crippen molar-refractivity contribution in [3.8, 4) is 0 Å². The number of piperidine rings is 1. The summed E-state index contributed by atoms with van der Waals surface area (Å²) in [6.45, 7) is 2.77. The number of carboxylic acids is 2. The second kappa shape index (κ2) is 11.2. The highest BCUT2D eigenvalue weighted by Gasteiger charge is 2.38. The van der Waals surface area contributed by atoms with Gasteiger partial charge in [0.2, 0.25) is 11.7 Å². The molecule has 1 fully saturated rings. The second-order valence-corrected chi connectivity index (χ2v) is 9.29. The molecular formula is C26H27F3N4O5. The van der Waals surface area contributed by atoms with E-state index in [2.05, 4.69) is 16.0 Å². The molecule has 0 radical (unpaired) electrons. The lowest BCUT2D eigenvalue weighted by molar-refractivity contribution is -0.159. The van der Waals surface area contributed by atoms with Gasteiger partial charge in [-0.3, -0.25) is 9.69 Å². The minimum absolute atomic E-state index is 0.0911. The molecule has 5 rings (SSSR count). The van der Waals surface area contributed by atoms with Gasteiger partial charge in [-0.05, 0) is 62.0 Å². The van der Waals surface area contributed by atoms with E-state index in [0.29, 0.717) is 37.2 Å². The average molecular weight is 533 g/mol. The number of nitrogens with zero attached hydrogens (tertiary/aromatic N) is 4. The number of rotatable bonds is 4. The number of hydrogen-bond acceptors (Lipinski definition) is 5. The van der Waals surface area contributed by atoms with Crippen LogP contribution in [0.15, 0.2) is 48.5 Å². The molecule has 0 saturated carbocycles. The molecule has 2 aromatic carbocycles. The van der Waals surface area contributed by atoms with Crippen molar-refractivity contribution in [3.05, 3.63) is 59.9 Å². The van der Waals surface area contributed by atoms with Crippen LogP contribution in [0.25, 0.3) is 11.0 Å². The normalized spacial score (nSPS) is 16.1. The Morgan fingerprint density at radius 3 is 2.21 bits per heavy atom. The van der Waals surface area contributed by atoms with E-state index in [9.17, 15) is 18.0 Å². The first-order valence-electron chi connectivity index (χ1n) is 12.1. The van der Waals surface area contributed by atoms with Crippen molar-refractivity contribution >= 4 is 34.6 Å². The minimum atomic E-state index is -4.49. The number of imidazole rings is 1. The second-order valence-electron chi connectivity index (χ2n) is 9.29. The Morgan fingerprint density at radius 2 is 1.55 bits per heavy atom. The Morgan fingerprint density at radius 1 is 0.921 bits per heavy atom. The van der Waals surface area contributed by atoms with Crippen molar-refractivity contribution in [3.63, 3.8) is 0 Å². The van der Waals surface area contributed by atoms with Crippen molar-refractivity contribution < 1.29 is 37.8 Å². The number of amides is 1. The number of benzene rings is 2. The van der Waals surface area contributed by atoms with E-state index in [0.717, 1.165) is 24.9 Å². The van der Waals surface area contributed by atoms with Crippen molar-refractivity contribution in [1.29, 1.82) is 0 Å². The molecule has 2 N–H and O–H groups in total. The monoisotopic (exact) mass is 532 g/mol. The average Bonchev–Trinajstić information content (AvgIpc) is 3.48. The van der Waals surface area contributed by atoms with Crippen molar-refractivity contribution in [1.82, 2.24) is 14.5 Å². The quantitative estimate of drug-likeness (QED) is 0.494. The highest BCUT2D eigenvalue weighted by molar-refractivity contribution is 6.27. The molecule has 0 bridgehead atoms. The molecule has 0 unspecified atom stereocenters. The summed E-state index contributed by atoms with van der Waals surface area (Å²) in [5.41, 5.74) is 3.09. The standard InChI is InChI=1S/C24H25F3N4O.C2H2O4/c25-24(26,27)23-28-19-6-2-4-8-21(19)31(23)15-17-9-12-29(13-10-17)16-22(32)30-14-11-18-5-1-3-7-20(18)30;3-1(4)2(5)6/h1-8,17H,9-16H2;(H,3,4)(H,5,6). The molecule has 1 aromatic heterocycles. The molecule has 1 amide bonds. The van der Waals surface area contributed by atoms with Gasteiger partial charge in [0.15, 0.2) is 0 Å². The van der Waals surface area contributed by atoms with E-state index < -0.39 is 23.9 Å². The number of anilines is 1. The van der Waals surface area contributed by atoms with E-state index in [-0.39, 0.29) is 18.4 Å². The first kappa shape index (κ1) is 27.1. The van der Waals surface area contributed by atoms with Gasteiger partial charge < -0.3 is 19.7 Å². The topological polar surface area (TPSA) is 116 Å². The van der Waals surface area contributed by atoms with Gasteiger partial charge in [0.1, 0.15) is 0 Å². The minimum Gasteiger partial charge on any atom is -0.473 e. The summed E-state index contributed by atoms with van der Waals surface area (Å²) < 4.78 is 42.0. The number of aromatic nitrogens is 2. The Kier molecular flexibility index (Phi) is 8.00. The third kappa shape index (κ3) is 6.13.